The third kappa shape index (κ3) is 3.83. The van der Waals surface area contributed by atoms with Gasteiger partial charge >= 0.3 is 0 Å². The highest BCUT2D eigenvalue weighted by Gasteiger charge is 2.12. The fourth-order valence-corrected chi connectivity index (χ4v) is 2.52. The van der Waals surface area contributed by atoms with Crippen LogP contribution in [-0.2, 0) is 17.6 Å². The lowest BCUT2D eigenvalue weighted by Gasteiger charge is -2.19. The van der Waals surface area contributed by atoms with Crippen LogP contribution in [-0.4, -0.2) is 15.2 Å². The SMILES string of the molecule is CCc1nc(SCc2ccc(C(C)(C)C)cc2)n[nH]1. The van der Waals surface area contributed by atoms with Gasteiger partial charge in [0.25, 0.3) is 0 Å². The zero-order chi connectivity index (χ0) is 13.9. The molecule has 102 valence electrons. The van der Waals surface area contributed by atoms with E-state index in [9.17, 15) is 0 Å². The molecule has 0 saturated heterocycles. The van der Waals surface area contributed by atoms with Gasteiger partial charge in [-0.25, -0.2) is 4.98 Å². The Balaban J connectivity index is 1.96. The van der Waals surface area contributed by atoms with Crippen LogP contribution in [0.25, 0.3) is 0 Å². The highest BCUT2D eigenvalue weighted by Crippen LogP contribution is 2.24. The third-order valence-corrected chi connectivity index (χ3v) is 3.95. The Morgan fingerprint density at radius 3 is 2.37 bits per heavy atom. The molecule has 0 bridgehead atoms. The molecule has 0 aliphatic heterocycles. The number of H-pyrrole nitrogens is 1. The number of benzene rings is 1. The second-order valence-corrected chi connectivity index (χ2v) is 6.60. The summed E-state index contributed by atoms with van der Waals surface area (Å²) in [5.74, 6) is 1.86. The van der Waals surface area contributed by atoms with Gasteiger partial charge in [-0.1, -0.05) is 63.7 Å². The van der Waals surface area contributed by atoms with E-state index in [4.69, 9.17) is 0 Å². The molecule has 0 spiro atoms. The van der Waals surface area contributed by atoms with Crippen LogP contribution in [0.2, 0.25) is 0 Å². The monoisotopic (exact) mass is 275 g/mol. The number of nitrogens with one attached hydrogen (secondary N) is 1. The number of hydrogen-bond donors (Lipinski definition) is 1. The van der Waals surface area contributed by atoms with E-state index < -0.39 is 0 Å². The summed E-state index contributed by atoms with van der Waals surface area (Å²) >= 11 is 1.67. The number of aryl methyl sites for hydroxylation is 1. The molecule has 4 heteroatoms. The third-order valence-electron chi connectivity index (χ3n) is 3.03. The first-order valence-corrected chi connectivity index (χ1v) is 7.61. The molecule has 0 aliphatic rings. The van der Waals surface area contributed by atoms with Crippen molar-refractivity contribution in [2.45, 2.75) is 50.4 Å². The number of nitrogens with zero attached hydrogens (tertiary/aromatic N) is 2. The summed E-state index contributed by atoms with van der Waals surface area (Å²) in [4.78, 5) is 4.40. The molecule has 0 atom stereocenters. The average Bonchev–Trinajstić information content (AvgIpc) is 2.84. The first-order valence-electron chi connectivity index (χ1n) is 6.62. The van der Waals surface area contributed by atoms with Crippen molar-refractivity contribution in [2.75, 3.05) is 0 Å². The summed E-state index contributed by atoms with van der Waals surface area (Å²) in [6.07, 6.45) is 0.897. The lowest BCUT2D eigenvalue weighted by atomic mass is 9.87. The molecule has 0 radical (unpaired) electrons. The first kappa shape index (κ1) is 14.1. The highest BCUT2D eigenvalue weighted by atomic mass is 32.2. The standard InChI is InChI=1S/C15H21N3S/c1-5-13-16-14(18-17-13)19-10-11-6-8-12(9-7-11)15(2,3)4/h6-9H,5,10H2,1-4H3,(H,16,17,18). The maximum atomic E-state index is 4.40. The predicted molar refractivity (Wildman–Crippen MR) is 80.5 cm³/mol. The second-order valence-electron chi connectivity index (χ2n) is 5.65. The van der Waals surface area contributed by atoms with E-state index in [1.807, 2.05) is 0 Å². The van der Waals surface area contributed by atoms with E-state index in [1.165, 1.54) is 11.1 Å². The molecule has 0 amide bonds. The van der Waals surface area contributed by atoms with E-state index in [2.05, 4.69) is 67.1 Å². The molecule has 2 rings (SSSR count). The minimum atomic E-state index is 0.214. The Morgan fingerprint density at radius 2 is 1.84 bits per heavy atom. The van der Waals surface area contributed by atoms with Gasteiger partial charge in [-0.3, -0.25) is 5.10 Å². The van der Waals surface area contributed by atoms with Crippen molar-refractivity contribution < 1.29 is 0 Å². The summed E-state index contributed by atoms with van der Waals surface area (Å²) < 4.78 is 0. The van der Waals surface area contributed by atoms with Gasteiger partial charge in [-0.05, 0) is 16.5 Å². The molecule has 0 saturated carbocycles. The zero-order valence-electron chi connectivity index (χ0n) is 12.0. The predicted octanol–water partition coefficient (Wildman–Crippen LogP) is 3.96. The Kier molecular flexibility index (Phi) is 4.30. The topological polar surface area (TPSA) is 41.6 Å². The number of thioether (sulfide) groups is 1. The van der Waals surface area contributed by atoms with Crippen LogP contribution in [0.4, 0.5) is 0 Å². The number of aromatic amines is 1. The smallest absolute Gasteiger partial charge is 0.208 e. The summed E-state index contributed by atoms with van der Waals surface area (Å²) in [5, 5.41) is 7.95. The first-order chi connectivity index (χ1) is 8.99. The summed E-state index contributed by atoms with van der Waals surface area (Å²) in [7, 11) is 0. The van der Waals surface area contributed by atoms with Crippen LogP contribution < -0.4 is 0 Å². The van der Waals surface area contributed by atoms with Crippen molar-refractivity contribution in [2.24, 2.45) is 0 Å². The van der Waals surface area contributed by atoms with Crippen molar-refractivity contribution in [3.8, 4) is 0 Å². The normalized spacial score (nSPS) is 11.8. The average molecular weight is 275 g/mol. The van der Waals surface area contributed by atoms with Crippen LogP contribution in [0.15, 0.2) is 29.4 Å². The fourth-order valence-electron chi connectivity index (χ4n) is 1.75. The van der Waals surface area contributed by atoms with Crippen LogP contribution in [0.1, 0.15) is 44.6 Å². The summed E-state index contributed by atoms with van der Waals surface area (Å²) in [6.45, 7) is 8.77. The van der Waals surface area contributed by atoms with E-state index >= 15 is 0 Å². The van der Waals surface area contributed by atoms with Crippen molar-refractivity contribution in [1.29, 1.82) is 0 Å². The van der Waals surface area contributed by atoms with E-state index in [-0.39, 0.29) is 5.41 Å². The van der Waals surface area contributed by atoms with Crippen LogP contribution in [0, 0.1) is 0 Å². The van der Waals surface area contributed by atoms with Crippen molar-refractivity contribution >= 4 is 11.8 Å². The van der Waals surface area contributed by atoms with E-state index in [1.54, 1.807) is 11.8 Å². The molecule has 0 aliphatic carbocycles. The molecule has 2 aromatic rings. The van der Waals surface area contributed by atoms with Gasteiger partial charge in [0.15, 0.2) is 0 Å². The molecule has 1 aromatic carbocycles. The van der Waals surface area contributed by atoms with Crippen LogP contribution in [0.5, 0.6) is 0 Å². The molecule has 19 heavy (non-hydrogen) atoms. The number of aromatic nitrogens is 3. The van der Waals surface area contributed by atoms with Gasteiger partial charge in [0.1, 0.15) is 5.82 Å². The molecule has 1 aromatic heterocycles. The lowest BCUT2D eigenvalue weighted by molar-refractivity contribution is 0.590. The lowest BCUT2D eigenvalue weighted by Crippen LogP contribution is -2.10. The molecule has 0 fully saturated rings. The Hall–Kier alpha value is -1.29. The molecule has 3 nitrogen and oxygen atoms in total. The van der Waals surface area contributed by atoms with Gasteiger partial charge in [-0.15, -0.1) is 5.10 Å². The van der Waals surface area contributed by atoms with Crippen molar-refractivity contribution in [3.05, 3.63) is 41.2 Å². The summed E-state index contributed by atoms with van der Waals surface area (Å²) in [5.41, 5.74) is 2.89. The summed E-state index contributed by atoms with van der Waals surface area (Å²) in [6, 6.07) is 8.82. The largest absolute Gasteiger partial charge is 0.262 e. The van der Waals surface area contributed by atoms with E-state index in [0.717, 1.165) is 23.2 Å². The Bertz CT molecular complexity index is 523. The fraction of sp³-hybridized carbons (Fsp3) is 0.467. The zero-order valence-corrected chi connectivity index (χ0v) is 12.8. The second kappa shape index (κ2) is 5.78. The minimum absolute atomic E-state index is 0.214. The van der Waals surface area contributed by atoms with Crippen LogP contribution in [0.3, 0.4) is 0 Å². The number of hydrogen-bond acceptors (Lipinski definition) is 3. The Labute approximate surface area is 119 Å². The maximum absolute atomic E-state index is 4.40. The van der Waals surface area contributed by atoms with Crippen molar-refractivity contribution in [3.63, 3.8) is 0 Å². The number of rotatable bonds is 4. The minimum Gasteiger partial charge on any atom is -0.262 e. The van der Waals surface area contributed by atoms with E-state index in [0.29, 0.717) is 0 Å². The molecule has 1 N–H and O–H groups in total. The molecular weight excluding hydrogens is 254 g/mol. The quantitative estimate of drug-likeness (QED) is 0.859. The van der Waals surface area contributed by atoms with Crippen molar-refractivity contribution in [1.82, 2.24) is 15.2 Å². The van der Waals surface area contributed by atoms with Gasteiger partial charge in [0.2, 0.25) is 5.16 Å². The molecular formula is C15H21N3S. The van der Waals surface area contributed by atoms with Gasteiger partial charge in [0.05, 0.1) is 0 Å². The highest BCUT2D eigenvalue weighted by molar-refractivity contribution is 7.98. The maximum Gasteiger partial charge on any atom is 0.208 e. The molecule has 1 heterocycles. The van der Waals surface area contributed by atoms with Gasteiger partial charge in [-0.2, -0.15) is 0 Å². The van der Waals surface area contributed by atoms with Crippen LogP contribution >= 0.6 is 11.8 Å². The van der Waals surface area contributed by atoms with Gasteiger partial charge in [0, 0.05) is 12.2 Å². The molecule has 0 unspecified atom stereocenters. The van der Waals surface area contributed by atoms with Gasteiger partial charge < -0.3 is 0 Å². The Morgan fingerprint density at radius 1 is 1.16 bits per heavy atom.